The van der Waals surface area contributed by atoms with Crippen LogP contribution in [0, 0.1) is 43.4 Å². The molecule has 2 aliphatic rings. The van der Waals surface area contributed by atoms with Crippen LogP contribution in [0.1, 0.15) is 119 Å². The zero-order valence-electron chi connectivity index (χ0n) is 31.3. The SMILES string of the molecule is Cc1ccc(C2(c3ccc(OC(=O)Oc4ccc(C5(c6ccccc6)CCC(C)(C)C(C)C5)cc4C)cc3)CCC(C)(C)C(C)C2)cc1C. The van der Waals surface area contributed by atoms with Crippen LogP contribution in [0.15, 0.2) is 91.0 Å². The molecule has 0 radical (unpaired) electrons. The highest BCUT2D eigenvalue weighted by molar-refractivity contribution is 5.68. The lowest BCUT2D eigenvalue weighted by molar-refractivity contribution is 0.107. The number of aryl methyl sites for hydroxylation is 3. The summed E-state index contributed by atoms with van der Waals surface area (Å²) >= 11 is 0. The standard InChI is InChI=1S/C46H56O3/c1-31-15-16-38(27-32(31)2)46(26-24-44(8,9)35(5)30-46)37-17-20-40(21-18-37)48-42(47)49-41-22-19-39(28-33(41)3)45(36-13-11-10-12-14-36)25-23-43(6,7)34(4)29-45/h10-22,27-28,34-35H,23-26,29-30H2,1-9H3. The lowest BCUT2D eigenvalue weighted by Gasteiger charge is -2.49. The van der Waals surface area contributed by atoms with Gasteiger partial charge >= 0.3 is 6.16 Å². The van der Waals surface area contributed by atoms with Gasteiger partial charge in [-0.2, -0.15) is 0 Å². The van der Waals surface area contributed by atoms with Crippen molar-refractivity contribution in [3.8, 4) is 11.5 Å². The second kappa shape index (κ2) is 13.1. The van der Waals surface area contributed by atoms with Crippen LogP contribution in [0.2, 0.25) is 0 Å². The summed E-state index contributed by atoms with van der Waals surface area (Å²) in [6.45, 7) is 20.8. The lowest BCUT2D eigenvalue weighted by atomic mass is 9.55. The van der Waals surface area contributed by atoms with Crippen molar-refractivity contribution in [2.45, 2.75) is 112 Å². The second-order valence-corrected chi connectivity index (χ2v) is 17.0. The van der Waals surface area contributed by atoms with Crippen LogP contribution in [-0.2, 0) is 10.8 Å². The van der Waals surface area contributed by atoms with Gasteiger partial charge in [-0.1, -0.05) is 114 Å². The highest BCUT2D eigenvalue weighted by Crippen LogP contribution is 2.55. The largest absolute Gasteiger partial charge is 0.519 e. The Hall–Kier alpha value is -3.85. The van der Waals surface area contributed by atoms with Gasteiger partial charge in [0.05, 0.1) is 0 Å². The van der Waals surface area contributed by atoms with E-state index in [0.717, 1.165) is 44.1 Å². The first kappa shape index (κ1) is 35.0. The molecule has 2 aliphatic carbocycles. The summed E-state index contributed by atoms with van der Waals surface area (Å²) in [6, 6.07) is 32.4. The maximum absolute atomic E-state index is 13.1. The minimum absolute atomic E-state index is 0.0672. The Bertz CT molecular complexity index is 1800. The van der Waals surface area contributed by atoms with Crippen LogP contribution in [0.4, 0.5) is 4.79 Å². The van der Waals surface area contributed by atoms with Crippen molar-refractivity contribution in [1.29, 1.82) is 0 Å². The van der Waals surface area contributed by atoms with Gasteiger partial charge in [-0.3, -0.25) is 0 Å². The lowest BCUT2D eigenvalue weighted by Crippen LogP contribution is -2.41. The summed E-state index contributed by atoms with van der Waals surface area (Å²) in [5, 5.41) is 0. The smallest absolute Gasteiger partial charge is 0.395 e. The van der Waals surface area contributed by atoms with Crippen LogP contribution in [-0.4, -0.2) is 6.16 Å². The highest BCUT2D eigenvalue weighted by atomic mass is 16.7. The number of ether oxygens (including phenoxy) is 2. The molecule has 2 saturated carbocycles. The fraction of sp³-hybridized carbons (Fsp3) is 0.457. The molecule has 4 unspecified atom stereocenters. The number of hydrogen-bond donors (Lipinski definition) is 0. The summed E-state index contributed by atoms with van der Waals surface area (Å²) in [4.78, 5) is 13.1. The van der Waals surface area contributed by atoms with E-state index in [4.69, 9.17) is 9.47 Å². The van der Waals surface area contributed by atoms with Crippen molar-refractivity contribution in [2.24, 2.45) is 22.7 Å². The van der Waals surface area contributed by atoms with Gasteiger partial charge in [-0.05, 0) is 139 Å². The molecular weight excluding hydrogens is 601 g/mol. The molecule has 0 spiro atoms. The number of carbonyl (C=O) groups is 1. The van der Waals surface area contributed by atoms with Crippen molar-refractivity contribution in [1.82, 2.24) is 0 Å². The maximum Gasteiger partial charge on any atom is 0.519 e. The van der Waals surface area contributed by atoms with Crippen molar-refractivity contribution in [2.75, 3.05) is 0 Å². The first-order valence-corrected chi connectivity index (χ1v) is 18.4. The van der Waals surface area contributed by atoms with Crippen molar-refractivity contribution in [3.05, 3.63) is 130 Å². The van der Waals surface area contributed by atoms with Gasteiger partial charge in [0, 0.05) is 10.8 Å². The molecule has 0 bridgehead atoms. The Morgan fingerprint density at radius 2 is 1.04 bits per heavy atom. The molecule has 0 N–H and O–H groups in total. The van der Waals surface area contributed by atoms with Crippen LogP contribution in [0.5, 0.6) is 11.5 Å². The highest BCUT2D eigenvalue weighted by Gasteiger charge is 2.46. The molecule has 0 amide bonds. The Morgan fingerprint density at radius 3 is 1.55 bits per heavy atom. The first-order chi connectivity index (χ1) is 23.1. The van der Waals surface area contributed by atoms with Crippen LogP contribution in [0.25, 0.3) is 0 Å². The van der Waals surface area contributed by atoms with E-state index in [2.05, 4.69) is 128 Å². The minimum atomic E-state index is -0.716. The van der Waals surface area contributed by atoms with Gasteiger partial charge in [-0.25, -0.2) is 4.79 Å². The summed E-state index contributed by atoms with van der Waals surface area (Å²) in [5.74, 6) is 2.16. The molecule has 6 rings (SSSR count). The number of carbonyl (C=O) groups excluding carboxylic acids is 1. The zero-order valence-corrected chi connectivity index (χ0v) is 31.3. The molecule has 4 aromatic rings. The van der Waals surface area contributed by atoms with Gasteiger partial charge < -0.3 is 9.47 Å². The molecule has 49 heavy (non-hydrogen) atoms. The molecule has 0 aromatic heterocycles. The third-order valence-corrected chi connectivity index (χ3v) is 13.3. The summed E-state index contributed by atoms with van der Waals surface area (Å²) < 4.78 is 11.6. The Morgan fingerprint density at radius 1 is 0.551 bits per heavy atom. The molecule has 258 valence electrons. The topological polar surface area (TPSA) is 35.5 Å². The van der Waals surface area contributed by atoms with Gasteiger partial charge in [0.1, 0.15) is 11.5 Å². The minimum Gasteiger partial charge on any atom is -0.395 e. The summed E-state index contributed by atoms with van der Waals surface area (Å²) in [7, 11) is 0. The van der Waals surface area contributed by atoms with E-state index in [1.165, 1.54) is 33.4 Å². The first-order valence-electron chi connectivity index (χ1n) is 18.4. The average Bonchev–Trinajstić information content (AvgIpc) is 3.07. The maximum atomic E-state index is 13.1. The predicted octanol–water partition coefficient (Wildman–Crippen LogP) is 12.5. The molecule has 0 saturated heterocycles. The van der Waals surface area contributed by atoms with Crippen LogP contribution >= 0.6 is 0 Å². The van der Waals surface area contributed by atoms with Gasteiger partial charge in [-0.15, -0.1) is 0 Å². The molecule has 2 fully saturated rings. The van der Waals surface area contributed by atoms with E-state index in [1.807, 2.05) is 25.1 Å². The van der Waals surface area contributed by atoms with Gasteiger partial charge in [0.2, 0.25) is 0 Å². The molecule has 3 heteroatoms. The molecule has 0 aliphatic heterocycles. The van der Waals surface area contributed by atoms with Gasteiger partial charge in [0.15, 0.2) is 0 Å². The fourth-order valence-electron chi connectivity index (χ4n) is 8.65. The van der Waals surface area contributed by atoms with Crippen molar-refractivity contribution >= 4 is 6.16 Å². The van der Waals surface area contributed by atoms with E-state index < -0.39 is 6.16 Å². The monoisotopic (exact) mass is 656 g/mol. The zero-order chi connectivity index (χ0) is 35.2. The molecular formula is C46H56O3. The molecule has 4 atom stereocenters. The number of hydrogen-bond acceptors (Lipinski definition) is 3. The van der Waals surface area contributed by atoms with E-state index in [-0.39, 0.29) is 10.8 Å². The molecule has 0 heterocycles. The van der Waals surface area contributed by atoms with Crippen molar-refractivity contribution in [3.63, 3.8) is 0 Å². The number of benzene rings is 4. The van der Waals surface area contributed by atoms with Crippen molar-refractivity contribution < 1.29 is 14.3 Å². The van der Waals surface area contributed by atoms with E-state index in [0.29, 0.717) is 34.2 Å². The fourth-order valence-corrected chi connectivity index (χ4v) is 8.65. The van der Waals surface area contributed by atoms with Crippen LogP contribution in [0.3, 0.4) is 0 Å². The third-order valence-electron chi connectivity index (χ3n) is 13.3. The Labute approximate surface area is 295 Å². The third kappa shape index (κ3) is 6.71. The second-order valence-electron chi connectivity index (χ2n) is 17.0. The Balaban J connectivity index is 1.21. The average molecular weight is 657 g/mol. The summed E-state index contributed by atoms with van der Waals surface area (Å²) in [6.07, 6.45) is 5.96. The molecule has 4 aromatic carbocycles. The van der Waals surface area contributed by atoms with E-state index in [1.54, 1.807) is 0 Å². The van der Waals surface area contributed by atoms with E-state index in [9.17, 15) is 4.79 Å². The summed E-state index contributed by atoms with van der Waals surface area (Å²) in [5.41, 5.74) is 9.35. The van der Waals surface area contributed by atoms with Gasteiger partial charge in [0.25, 0.3) is 0 Å². The molecule has 3 nitrogen and oxygen atoms in total. The predicted molar refractivity (Wildman–Crippen MR) is 202 cm³/mol. The normalized spacial score (nSPS) is 26.1. The van der Waals surface area contributed by atoms with E-state index >= 15 is 0 Å². The number of rotatable bonds is 6. The Kier molecular flexibility index (Phi) is 9.37. The quantitative estimate of drug-likeness (QED) is 0.153. The van der Waals surface area contributed by atoms with Crippen LogP contribution < -0.4 is 9.47 Å².